The highest BCUT2D eigenvalue weighted by molar-refractivity contribution is 5.14. The predicted octanol–water partition coefficient (Wildman–Crippen LogP) is 2.61. The molecule has 2 unspecified atom stereocenters. The fourth-order valence-corrected chi connectivity index (χ4v) is 1.40. The number of allylic oxidation sites excluding steroid dienone is 1. The molecule has 46 valence electrons. The van der Waals surface area contributed by atoms with Crippen molar-refractivity contribution in [2.75, 3.05) is 0 Å². The lowest BCUT2D eigenvalue weighted by molar-refractivity contribution is 0.330. The molecule has 1 fully saturated rings. The third-order valence-corrected chi connectivity index (χ3v) is 2.29. The number of hydrogen-bond acceptors (Lipinski definition) is 0. The van der Waals surface area contributed by atoms with Crippen molar-refractivity contribution in [2.24, 2.45) is 11.8 Å². The maximum absolute atomic E-state index is 3.99. The van der Waals surface area contributed by atoms with Crippen LogP contribution in [-0.4, -0.2) is 0 Å². The molecular formula is C8H14. The summed E-state index contributed by atoms with van der Waals surface area (Å²) < 4.78 is 0. The lowest BCUT2D eigenvalue weighted by atomic mass is 9.70. The van der Waals surface area contributed by atoms with E-state index in [1.54, 1.807) is 0 Å². The van der Waals surface area contributed by atoms with Crippen molar-refractivity contribution in [1.82, 2.24) is 0 Å². The fraction of sp³-hybridized carbons (Fsp3) is 0.750. The highest BCUT2D eigenvalue weighted by Crippen LogP contribution is 2.39. The molecule has 0 spiro atoms. The van der Waals surface area contributed by atoms with E-state index in [0.717, 1.165) is 11.8 Å². The second-order valence-electron chi connectivity index (χ2n) is 2.82. The maximum Gasteiger partial charge on any atom is -0.0200 e. The van der Waals surface area contributed by atoms with Crippen LogP contribution in [-0.2, 0) is 0 Å². The van der Waals surface area contributed by atoms with Gasteiger partial charge in [0.05, 0.1) is 0 Å². The number of hydrogen-bond donors (Lipinski definition) is 0. The quantitative estimate of drug-likeness (QED) is 0.455. The van der Waals surface area contributed by atoms with Gasteiger partial charge in [0.25, 0.3) is 0 Å². The molecule has 1 aliphatic rings. The first kappa shape index (κ1) is 5.87. The van der Waals surface area contributed by atoms with Gasteiger partial charge in [-0.15, -0.1) is 0 Å². The zero-order valence-electron chi connectivity index (χ0n) is 5.78. The summed E-state index contributed by atoms with van der Waals surface area (Å²) in [6, 6.07) is 0. The Hall–Kier alpha value is -0.260. The molecule has 1 saturated carbocycles. The minimum absolute atomic E-state index is 0.819. The molecule has 0 aliphatic heterocycles. The van der Waals surface area contributed by atoms with E-state index in [1.165, 1.54) is 18.4 Å². The number of rotatable bonds is 1. The Morgan fingerprint density at radius 1 is 1.75 bits per heavy atom. The van der Waals surface area contributed by atoms with Crippen LogP contribution < -0.4 is 0 Å². The van der Waals surface area contributed by atoms with Crippen molar-refractivity contribution in [3.05, 3.63) is 12.2 Å². The highest BCUT2D eigenvalue weighted by atomic mass is 14.3. The first-order valence-electron chi connectivity index (χ1n) is 3.44. The summed E-state index contributed by atoms with van der Waals surface area (Å²) in [6.45, 7) is 8.49. The van der Waals surface area contributed by atoms with Gasteiger partial charge in [-0.1, -0.05) is 26.0 Å². The van der Waals surface area contributed by atoms with Gasteiger partial charge in [-0.25, -0.2) is 0 Å². The molecule has 1 aliphatic carbocycles. The molecule has 0 nitrogen and oxygen atoms in total. The monoisotopic (exact) mass is 110 g/mol. The molecule has 0 amide bonds. The normalized spacial score (nSPS) is 37.0. The Morgan fingerprint density at radius 3 is 2.50 bits per heavy atom. The molecule has 0 radical (unpaired) electrons. The molecule has 1 rings (SSSR count). The van der Waals surface area contributed by atoms with E-state index in [9.17, 15) is 0 Å². The average molecular weight is 110 g/mol. The summed E-state index contributed by atoms with van der Waals surface area (Å²) in [7, 11) is 0. The van der Waals surface area contributed by atoms with Gasteiger partial charge in [0.15, 0.2) is 0 Å². The Balaban J connectivity index is 2.36. The lowest BCUT2D eigenvalue weighted by Gasteiger charge is -2.35. The molecule has 0 aromatic heterocycles. The second-order valence-corrected chi connectivity index (χ2v) is 2.82. The molecule has 0 aromatic carbocycles. The molecule has 8 heavy (non-hydrogen) atoms. The van der Waals surface area contributed by atoms with Crippen LogP contribution in [0.4, 0.5) is 0 Å². The van der Waals surface area contributed by atoms with Crippen LogP contribution >= 0.6 is 0 Å². The lowest BCUT2D eigenvalue weighted by Crippen LogP contribution is -2.23. The van der Waals surface area contributed by atoms with Gasteiger partial charge in [0.1, 0.15) is 0 Å². The van der Waals surface area contributed by atoms with Crippen molar-refractivity contribution in [3.63, 3.8) is 0 Å². The Labute approximate surface area is 51.6 Å². The Kier molecular flexibility index (Phi) is 1.41. The Morgan fingerprint density at radius 2 is 2.38 bits per heavy atom. The van der Waals surface area contributed by atoms with Crippen LogP contribution in [0.2, 0.25) is 0 Å². The average Bonchev–Trinajstić information content (AvgIpc) is 1.81. The van der Waals surface area contributed by atoms with E-state index < -0.39 is 0 Å². The summed E-state index contributed by atoms with van der Waals surface area (Å²) in [4.78, 5) is 0. The van der Waals surface area contributed by atoms with Gasteiger partial charge in [-0.2, -0.15) is 0 Å². The van der Waals surface area contributed by atoms with Crippen molar-refractivity contribution < 1.29 is 0 Å². The first-order chi connectivity index (χ1) is 3.75. The molecule has 0 heterocycles. The van der Waals surface area contributed by atoms with Crippen LogP contribution in [0.3, 0.4) is 0 Å². The zero-order valence-corrected chi connectivity index (χ0v) is 5.78. The summed E-state index contributed by atoms with van der Waals surface area (Å²) in [5.41, 5.74) is 1.48. The van der Waals surface area contributed by atoms with Gasteiger partial charge in [-0.05, 0) is 24.7 Å². The summed E-state index contributed by atoms with van der Waals surface area (Å²) in [6.07, 6.45) is 2.68. The molecule has 0 N–H and O–H groups in total. The molecule has 0 bridgehead atoms. The van der Waals surface area contributed by atoms with E-state index in [2.05, 4.69) is 20.4 Å². The van der Waals surface area contributed by atoms with E-state index in [-0.39, 0.29) is 0 Å². The van der Waals surface area contributed by atoms with Gasteiger partial charge in [0, 0.05) is 0 Å². The van der Waals surface area contributed by atoms with E-state index in [4.69, 9.17) is 0 Å². The molecular weight excluding hydrogens is 96.1 g/mol. The summed E-state index contributed by atoms with van der Waals surface area (Å²) >= 11 is 0. The highest BCUT2D eigenvalue weighted by Gasteiger charge is 2.27. The maximum atomic E-state index is 3.99. The fourth-order valence-electron chi connectivity index (χ4n) is 1.40. The summed E-state index contributed by atoms with van der Waals surface area (Å²) in [5.74, 6) is 1.69. The largest absolute Gasteiger partial charge is 0.0993 e. The SMILES string of the molecule is C=C1C(C)CC1CC. The molecule has 2 atom stereocenters. The van der Waals surface area contributed by atoms with Crippen molar-refractivity contribution >= 4 is 0 Å². The van der Waals surface area contributed by atoms with E-state index >= 15 is 0 Å². The summed E-state index contributed by atoms with van der Waals surface area (Å²) in [5, 5.41) is 0. The third-order valence-electron chi connectivity index (χ3n) is 2.29. The van der Waals surface area contributed by atoms with Crippen LogP contribution in [0.5, 0.6) is 0 Å². The molecule has 0 aromatic rings. The van der Waals surface area contributed by atoms with Gasteiger partial charge < -0.3 is 0 Å². The third kappa shape index (κ3) is 0.683. The Bertz CT molecular complexity index is 103. The van der Waals surface area contributed by atoms with E-state index in [0.29, 0.717) is 0 Å². The van der Waals surface area contributed by atoms with Crippen LogP contribution in [0.25, 0.3) is 0 Å². The van der Waals surface area contributed by atoms with Gasteiger partial charge in [-0.3, -0.25) is 0 Å². The predicted molar refractivity (Wildman–Crippen MR) is 36.7 cm³/mol. The second kappa shape index (κ2) is 1.93. The van der Waals surface area contributed by atoms with Crippen LogP contribution in [0.15, 0.2) is 12.2 Å². The van der Waals surface area contributed by atoms with Gasteiger partial charge in [0.2, 0.25) is 0 Å². The molecule has 0 heteroatoms. The smallest absolute Gasteiger partial charge is 0.0200 e. The zero-order chi connectivity index (χ0) is 6.15. The van der Waals surface area contributed by atoms with Crippen molar-refractivity contribution in [3.8, 4) is 0 Å². The van der Waals surface area contributed by atoms with Crippen molar-refractivity contribution in [2.45, 2.75) is 26.7 Å². The minimum Gasteiger partial charge on any atom is -0.0993 e. The minimum atomic E-state index is 0.819. The van der Waals surface area contributed by atoms with Crippen LogP contribution in [0, 0.1) is 11.8 Å². The van der Waals surface area contributed by atoms with Crippen LogP contribution in [0.1, 0.15) is 26.7 Å². The van der Waals surface area contributed by atoms with Crippen molar-refractivity contribution in [1.29, 1.82) is 0 Å². The van der Waals surface area contributed by atoms with Gasteiger partial charge >= 0.3 is 0 Å². The molecule has 0 saturated heterocycles. The standard InChI is InChI=1S/C8H14/c1-4-8-5-6(2)7(8)3/h6,8H,3-5H2,1-2H3. The van der Waals surface area contributed by atoms with E-state index in [1.807, 2.05) is 0 Å². The topological polar surface area (TPSA) is 0 Å². The first-order valence-corrected chi connectivity index (χ1v) is 3.44.